The summed E-state index contributed by atoms with van der Waals surface area (Å²) < 4.78 is 5.16. The van der Waals surface area contributed by atoms with Crippen LogP contribution in [0.5, 0.6) is 0 Å². The van der Waals surface area contributed by atoms with E-state index in [1.54, 1.807) is 0 Å². The van der Waals surface area contributed by atoms with Crippen LogP contribution >= 0.6 is 0 Å². The summed E-state index contributed by atoms with van der Waals surface area (Å²) in [5.41, 5.74) is 6.76. The molecule has 3 heteroatoms. The zero-order valence-electron chi connectivity index (χ0n) is 11.2. The first-order valence-corrected chi connectivity index (χ1v) is 6.95. The van der Waals surface area contributed by atoms with Crippen LogP contribution < -0.4 is 5.73 Å². The highest BCUT2D eigenvalue weighted by molar-refractivity contribution is 5.08. The fourth-order valence-electron chi connectivity index (χ4n) is 1.92. The molecule has 17 heavy (non-hydrogen) atoms. The molecule has 0 spiro atoms. The Morgan fingerprint density at radius 3 is 2.41 bits per heavy atom. The highest BCUT2D eigenvalue weighted by Gasteiger charge is 2.07. The van der Waals surface area contributed by atoms with Gasteiger partial charge in [0.15, 0.2) is 5.76 Å². The minimum absolute atomic E-state index is 0.0507. The molecule has 0 saturated heterocycles. The topological polar surface area (TPSA) is 52.0 Å². The van der Waals surface area contributed by atoms with Crippen LogP contribution in [0.2, 0.25) is 0 Å². The van der Waals surface area contributed by atoms with E-state index in [1.807, 2.05) is 13.0 Å². The molecular formula is C14H26N2O. The van der Waals surface area contributed by atoms with Crippen molar-refractivity contribution in [1.29, 1.82) is 0 Å². The lowest BCUT2D eigenvalue weighted by atomic mass is 10.1. The fraction of sp³-hybridized carbons (Fsp3) is 0.786. The van der Waals surface area contributed by atoms with Crippen molar-refractivity contribution in [2.75, 3.05) is 0 Å². The standard InChI is InChI=1S/C14H26N2O/c1-3-4-5-6-7-8-9-10-13-11-14(12(2)15)17-16-13/h11-12H,3-10,15H2,1-2H3. The lowest BCUT2D eigenvalue weighted by Gasteiger charge is -1.99. The monoisotopic (exact) mass is 238 g/mol. The van der Waals surface area contributed by atoms with Gasteiger partial charge in [0.25, 0.3) is 0 Å². The molecule has 1 heterocycles. The summed E-state index contributed by atoms with van der Waals surface area (Å²) in [6.45, 7) is 4.17. The van der Waals surface area contributed by atoms with E-state index in [2.05, 4.69) is 12.1 Å². The van der Waals surface area contributed by atoms with Gasteiger partial charge in [0.2, 0.25) is 0 Å². The molecule has 0 amide bonds. The SMILES string of the molecule is CCCCCCCCCc1cc(C(C)N)on1. The van der Waals surface area contributed by atoms with Gasteiger partial charge in [-0.15, -0.1) is 0 Å². The van der Waals surface area contributed by atoms with Crippen LogP contribution in [0.4, 0.5) is 0 Å². The summed E-state index contributed by atoms with van der Waals surface area (Å²) in [5, 5.41) is 4.03. The molecule has 0 aromatic carbocycles. The van der Waals surface area contributed by atoms with E-state index in [4.69, 9.17) is 10.3 Å². The molecular weight excluding hydrogens is 212 g/mol. The first-order valence-electron chi connectivity index (χ1n) is 6.95. The van der Waals surface area contributed by atoms with Crippen molar-refractivity contribution in [2.24, 2.45) is 5.73 Å². The molecule has 0 aliphatic rings. The zero-order valence-corrected chi connectivity index (χ0v) is 11.2. The maximum Gasteiger partial charge on any atom is 0.153 e. The highest BCUT2D eigenvalue weighted by Crippen LogP contribution is 2.14. The van der Waals surface area contributed by atoms with E-state index >= 15 is 0 Å². The first-order chi connectivity index (χ1) is 8.24. The summed E-state index contributed by atoms with van der Waals surface area (Å²) in [6.07, 6.45) is 10.3. The van der Waals surface area contributed by atoms with Crippen LogP contribution in [0.25, 0.3) is 0 Å². The van der Waals surface area contributed by atoms with Crippen molar-refractivity contribution in [3.05, 3.63) is 17.5 Å². The summed E-state index contributed by atoms with van der Waals surface area (Å²) in [4.78, 5) is 0. The van der Waals surface area contributed by atoms with Crippen LogP contribution in [-0.4, -0.2) is 5.16 Å². The average molecular weight is 238 g/mol. The summed E-state index contributed by atoms with van der Waals surface area (Å²) in [6, 6.07) is 1.94. The molecule has 1 rings (SSSR count). The molecule has 2 N–H and O–H groups in total. The third-order valence-corrected chi connectivity index (χ3v) is 3.06. The van der Waals surface area contributed by atoms with Gasteiger partial charge in [0.1, 0.15) is 0 Å². The predicted octanol–water partition coefficient (Wildman–Crippen LogP) is 3.99. The van der Waals surface area contributed by atoms with Gasteiger partial charge >= 0.3 is 0 Å². The van der Waals surface area contributed by atoms with Crippen LogP contribution in [0, 0.1) is 0 Å². The molecule has 0 fully saturated rings. The minimum Gasteiger partial charge on any atom is -0.359 e. The van der Waals surface area contributed by atoms with Gasteiger partial charge in [-0.3, -0.25) is 0 Å². The van der Waals surface area contributed by atoms with Crippen LogP contribution in [0.15, 0.2) is 10.6 Å². The number of aryl methyl sites for hydroxylation is 1. The van der Waals surface area contributed by atoms with Gasteiger partial charge < -0.3 is 10.3 Å². The molecule has 1 aromatic heterocycles. The predicted molar refractivity (Wildman–Crippen MR) is 70.8 cm³/mol. The molecule has 0 saturated carbocycles. The molecule has 1 atom stereocenters. The quantitative estimate of drug-likeness (QED) is 0.662. The second kappa shape index (κ2) is 8.29. The molecule has 3 nitrogen and oxygen atoms in total. The van der Waals surface area contributed by atoms with Crippen molar-refractivity contribution in [3.63, 3.8) is 0 Å². The maximum absolute atomic E-state index is 5.72. The average Bonchev–Trinajstić information content (AvgIpc) is 2.77. The number of hydrogen-bond donors (Lipinski definition) is 1. The molecule has 0 radical (unpaired) electrons. The van der Waals surface area contributed by atoms with Crippen molar-refractivity contribution in [3.8, 4) is 0 Å². The lowest BCUT2D eigenvalue weighted by Crippen LogP contribution is -2.02. The molecule has 0 aliphatic heterocycles. The third-order valence-electron chi connectivity index (χ3n) is 3.06. The number of unbranched alkanes of at least 4 members (excludes halogenated alkanes) is 6. The normalized spacial score (nSPS) is 12.9. The smallest absolute Gasteiger partial charge is 0.153 e. The fourth-order valence-corrected chi connectivity index (χ4v) is 1.92. The Morgan fingerprint density at radius 2 is 1.82 bits per heavy atom. The van der Waals surface area contributed by atoms with Gasteiger partial charge in [-0.05, 0) is 19.8 Å². The van der Waals surface area contributed by atoms with Crippen LogP contribution in [0.1, 0.15) is 76.3 Å². The number of hydrogen-bond acceptors (Lipinski definition) is 3. The molecule has 1 aromatic rings. The van der Waals surface area contributed by atoms with Gasteiger partial charge in [-0.1, -0.05) is 50.6 Å². The Morgan fingerprint density at radius 1 is 1.18 bits per heavy atom. The van der Waals surface area contributed by atoms with Crippen molar-refractivity contribution < 1.29 is 4.52 Å². The van der Waals surface area contributed by atoms with Crippen molar-refractivity contribution >= 4 is 0 Å². The Labute approximate surface area is 105 Å². The summed E-state index contributed by atoms with van der Waals surface area (Å²) >= 11 is 0. The minimum atomic E-state index is -0.0507. The van der Waals surface area contributed by atoms with Crippen molar-refractivity contribution in [2.45, 2.75) is 71.3 Å². The van der Waals surface area contributed by atoms with E-state index in [0.717, 1.165) is 17.9 Å². The Bertz CT molecular complexity index is 294. The molecule has 98 valence electrons. The van der Waals surface area contributed by atoms with E-state index in [1.165, 1.54) is 44.9 Å². The Kier molecular flexibility index (Phi) is 6.94. The summed E-state index contributed by atoms with van der Waals surface area (Å²) in [5.74, 6) is 0.794. The molecule has 0 aliphatic carbocycles. The van der Waals surface area contributed by atoms with E-state index in [0.29, 0.717) is 0 Å². The summed E-state index contributed by atoms with van der Waals surface area (Å²) in [7, 11) is 0. The Hall–Kier alpha value is -0.830. The molecule has 0 bridgehead atoms. The first kappa shape index (κ1) is 14.2. The number of rotatable bonds is 9. The van der Waals surface area contributed by atoms with E-state index in [9.17, 15) is 0 Å². The van der Waals surface area contributed by atoms with Gasteiger partial charge in [0.05, 0.1) is 11.7 Å². The largest absolute Gasteiger partial charge is 0.359 e. The van der Waals surface area contributed by atoms with Crippen LogP contribution in [-0.2, 0) is 6.42 Å². The number of nitrogens with zero attached hydrogens (tertiary/aromatic N) is 1. The second-order valence-corrected chi connectivity index (χ2v) is 4.88. The second-order valence-electron chi connectivity index (χ2n) is 4.88. The Balaban J connectivity index is 2.05. The maximum atomic E-state index is 5.72. The lowest BCUT2D eigenvalue weighted by molar-refractivity contribution is 0.361. The van der Waals surface area contributed by atoms with E-state index < -0.39 is 0 Å². The number of aromatic nitrogens is 1. The van der Waals surface area contributed by atoms with Gasteiger partial charge in [-0.2, -0.15) is 0 Å². The number of nitrogens with two attached hydrogens (primary N) is 1. The third kappa shape index (κ3) is 5.87. The zero-order chi connectivity index (χ0) is 12.5. The van der Waals surface area contributed by atoms with E-state index in [-0.39, 0.29) is 6.04 Å². The van der Waals surface area contributed by atoms with Gasteiger partial charge in [0, 0.05) is 6.07 Å². The van der Waals surface area contributed by atoms with Crippen LogP contribution in [0.3, 0.4) is 0 Å². The van der Waals surface area contributed by atoms with Gasteiger partial charge in [-0.25, -0.2) is 0 Å². The highest BCUT2D eigenvalue weighted by atomic mass is 16.5. The van der Waals surface area contributed by atoms with Crippen molar-refractivity contribution in [1.82, 2.24) is 5.16 Å². The molecule has 1 unspecified atom stereocenters.